The molecule has 2 heterocycles. The molecule has 1 amide bonds. The Labute approximate surface area is 133 Å². The van der Waals surface area contributed by atoms with Crippen LogP contribution < -0.4 is 0 Å². The lowest BCUT2D eigenvalue weighted by atomic mass is 9.97. The molecule has 0 radical (unpaired) electrons. The number of phenols is 1. The van der Waals surface area contributed by atoms with E-state index in [1.807, 2.05) is 20.8 Å². The summed E-state index contributed by atoms with van der Waals surface area (Å²) >= 11 is 0. The van der Waals surface area contributed by atoms with Crippen molar-refractivity contribution in [3.63, 3.8) is 0 Å². The number of halogens is 1. The summed E-state index contributed by atoms with van der Waals surface area (Å²) in [6.45, 7) is 6.67. The highest BCUT2D eigenvalue weighted by Gasteiger charge is 2.31. The van der Waals surface area contributed by atoms with E-state index in [1.54, 1.807) is 0 Å². The van der Waals surface area contributed by atoms with Gasteiger partial charge in [0.05, 0.1) is 6.54 Å². The molecule has 0 unspecified atom stereocenters. The van der Waals surface area contributed by atoms with Crippen LogP contribution in [0.3, 0.4) is 0 Å². The zero-order chi connectivity index (χ0) is 16.8. The molecule has 1 aliphatic rings. The number of nitrogens with zero attached hydrogens (tertiary/aromatic N) is 2. The normalized spacial score (nSPS) is 14.7. The van der Waals surface area contributed by atoms with Crippen molar-refractivity contribution in [2.75, 3.05) is 6.54 Å². The fourth-order valence-corrected chi connectivity index (χ4v) is 2.58. The summed E-state index contributed by atoms with van der Waals surface area (Å²) in [6, 6.07) is 3.83. The second-order valence-corrected chi connectivity index (χ2v) is 6.75. The molecule has 6 heteroatoms. The summed E-state index contributed by atoms with van der Waals surface area (Å²) in [5.74, 6) is -0.207. The van der Waals surface area contributed by atoms with Crippen molar-refractivity contribution in [2.45, 2.75) is 39.2 Å². The standard InChI is InChI=1S/C17H19FN2O3/c1-17(2,3)16-19-11-9-20(8-7-13(11)23-16)15(22)14-10(18)5-4-6-12(14)21/h4-6,21H,7-9H2,1-3H3. The van der Waals surface area contributed by atoms with Gasteiger partial charge in [0.1, 0.15) is 28.6 Å². The molecule has 1 aromatic carbocycles. The van der Waals surface area contributed by atoms with Crippen molar-refractivity contribution in [3.8, 4) is 5.75 Å². The third-order valence-electron chi connectivity index (χ3n) is 3.86. The zero-order valence-electron chi connectivity index (χ0n) is 13.4. The van der Waals surface area contributed by atoms with E-state index in [1.165, 1.54) is 17.0 Å². The number of aromatic hydroxyl groups is 1. The van der Waals surface area contributed by atoms with Gasteiger partial charge in [0.25, 0.3) is 5.91 Å². The van der Waals surface area contributed by atoms with Crippen LogP contribution in [0, 0.1) is 5.82 Å². The number of benzene rings is 1. The summed E-state index contributed by atoms with van der Waals surface area (Å²) in [7, 11) is 0. The summed E-state index contributed by atoms with van der Waals surface area (Å²) in [5.41, 5.74) is 0.191. The Balaban J connectivity index is 1.87. The molecule has 0 aliphatic carbocycles. The minimum atomic E-state index is -0.726. The SMILES string of the molecule is CC(C)(C)c1nc2c(o1)CCN(C(=O)c1c(O)cccc1F)C2. The Morgan fingerprint density at radius 2 is 2.13 bits per heavy atom. The number of hydrogen-bond donors (Lipinski definition) is 1. The number of hydrogen-bond acceptors (Lipinski definition) is 4. The Kier molecular flexibility index (Phi) is 3.62. The summed E-state index contributed by atoms with van der Waals surface area (Å²) in [6.07, 6.45) is 0.527. The van der Waals surface area contributed by atoms with Crippen molar-refractivity contribution >= 4 is 5.91 Å². The van der Waals surface area contributed by atoms with Crippen LogP contribution in [0.1, 0.15) is 48.5 Å². The number of amides is 1. The molecule has 5 nitrogen and oxygen atoms in total. The lowest BCUT2D eigenvalue weighted by Crippen LogP contribution is -2.36. The van der Waals surface area contributed by atoms with Crippen LogP contribution in [-0.4, -0.2) is 27.4 Å². The van der Waals surface area contributed by atoms with Crippen molar-refractivity contribution < 1.29 is 18.7 Å². The van der Waals surface area contributed by atoms with Crippen LogP contribution in [-0.2, 0) is 18.4 Å². The summed E-state index contributed by atoms with van der Waals surface area (Å²) in [5, 5.41) is 9.78. The molecule has 0 fully saturated rings. The lowest BCUT2D eigenvalue weighted by molar-refractivity contribution is 0.0719. The first kappa shape index (κ1) is 15.5. The molecule has 0 saturated carbocycles. The largest absolute Gasteiger partial charge is 0.507 e. The average molecular weight is 318 g/mol. The average Bonchev–Trinajstić information content (AvgIpc) is 2.90. The summed E-state index contributed by atoms with van der Waals surface area (Å²) in [4.78, 5) is 18.5. The van der Waals surface area contributed by atoms with E-state index in [2.05, 4.69) is 4.98 Å². The van der Waals surface area contributed by atoms with Crippen molar-refractivity contribution in [1.29, 1.82) is 0 Å². The Bertz CT molecular complexity index is 741. The number of carbonyl (C=O) groups is 1. The number of aromatic nitrogens is 1. The maximum Gasteiger partial charge on any atom is 0.260 e. The molecule has 0 spiro atoms. The Morgan fingerprint density at radius 3 is 2.78 bits per heavy atom. The van der Waals surface area contributed by atoms with Crippen LogP contribution in [0.25, 0.3) is 0 Å². The van der Waals surface area contributed by atoms with E-state index >= 15 is 0 Å². The third-order valence-corrected chi connectivity index (χ3v) is 3.86. The van der Waals surface area contributed by atoms with E-state index in [0.717, 1.165) is 11.8 Å². The van der Waals surface area contributed by atoms with Gasteiger partial charge in [-0.1, -0.05) is 26.8 Å². The van der Waals surface area contributed by atoms with Gasteiger partial charge in [-0.25, -0.2) is 9.37 Å². The highest BCUT2D eigenvalue weighted by Crippen LogP contribution is 2.29. The van der Waals surface area contributed by atoms with Gasteiger partial charge in [-0.2, -0.15) is 0 Å². The molecule has 0 saturated heterocycles. The van der Waals surface area contributed by atoms with Crippen LogP contribution >= 0.6 is 0 Å². The van der Waals surface area contributed by atoms with E-state index in [4.69, 9.17) is 4.42 Å². The third kappa shape index (κ3) is 2.81. The van der Waals surface area contributed by atoms with Gasteiger partial charge in [-0.05, 0) is 12.1 Å². The van der Waals surface area contributed by atoms with Crippen LogP contribution in [0.4, 0.5) is 4.39 Å². The smallest absolute Gasteiger partial charge is 0.260 e. The van der Waals surface area contributed by atoms with Crippen LogP contribution in [0.5, 0.6) is 5.75 Å². The molecule has 1 aliphatic heterocycles. The molecule has 3 rings (SSSR count). The minimum Gasteiger partial charge on any atom is -0.507 e. The van der Waals surface area contributed by atoms with Gasteiger partial charge in [-0.3, -0.25) is 4.79 Å². The number of carbonyl (C=O) groups excluding carboxylic acids is 1. The van der Waals surface area contributed by atoms with Crippen molar-refractivity contribution in [3.05, 3.63) is 46.9 Å². The second-order valence-electron chi connectivity index (χ2n) is 6.75. The van der Waals surface area contributed by atoms with E-state index < -0.39 is 11.7 Å². The van der Waals surface area contributed by atoms with Gasteiger partial charge < -0.3 is 14.4 Å². The van der Waals surface area contributed by atoms with Gasteiger partial charge >= 0.3 is 0 Å². The maximum absolute atomic E-state index is 13.9. The Hall–Kier alpha value is -2.37. The first-order valence-electron chi connectivity index (χ1n) is 7.53. The van der Waals surface area contributed by atoms with Crippen LogP contribution in [0.15, 0.2) is 22.6 Å². The van der Waals surface area contributed by atoms with Gasteiger partial charge in [0.2, 0.25) is 0 Å². The lowest BCUT2D eigenvalue weighted by Gasteiger charge is -2.25. The van der Waals surface area contributed by atoms with Crippen LogP contribution in [0.2, 0.25) is 0 Å². The van der Waals surface area contributed by atoms with E-state index in [-0.39, 0.29) is 23.3 Å². The fraction of sp³-hybridized carbons (Fsp3) is 0.412. The molecule has 1 aromatic heterocycles. The molecule has 0 bridgehead atoms. The molecule has 2 aromatic rings. The predicted molar refractivity (Wildman–Crippen MR) is 81.7 cm³/mol. The molecular weight excluding hydrogens is 299 g/mol. The molecule has 1 N–H and O–H groups in total. The fourth-order valence-electron chi connectivity index (χ4n) is 2.58. The maximum atomic E-state index is 13.9. The zero-order valence-corrected chi connectivity index (χ0v) is 13.4. The quantitative estimate of drug-likeness (QED) is 0.878. The second kappa shape index (κ2) is 5.37. The van der Waals surface area contributed by atoms with Gasteiger partial charge in [0.15, 0.2) is 5.89 Å². The monoisotopic (exact) mass is 318 g/mol. The molecule has 23 heavy (non-hydrogen) atoms. The topological polar surface area (TPSA) is 66.6 Å². The molecule has 0 atom stereocenters. The highest BCUT2D eigenvalue weighted by molar-refractivity contribution is 5.97. The Morgan fingerprint density at radius 1 is 1.39 bits per heavy atom. The van der Waals surface area contributed by atoms with Gasteiger partial charge in [-0.15, -0.1) is 0 Å². The predicted octanol–water partition coefficient (Wildman–Crippen LogP) is 3.02. The molecule has 122 valence electrons. The number of rotatable bonds is 1. The number of oxazole rings is 1. The first-order chi connectivity index (χ1) is 10.8. The van der Waals surface area contributed by atoms with E-state index in [9.17, 15) is 14.3 Å². The summed E-state index contributed by atoms with van der Waals surface area (Å²) < 4.78 is 19.6. The minimum absolute atomic E-state index is 0.212. The first-order valence-corrected chi connectivity index (χ1v) is 7.53. The number of phenolic OH excluding ortho intramolecular Hbond substituents is 1. The van der Waals surface area contributed by atoms with Crippen molar-refractivity contribution in [1.82, 2.24) is 9.88 Å². The molecular formula is C17H19FN2O3. The van der Waals surface area contributed by atoms with Gasteiger partial charge in [0, 0.05) is 18.4 Å². The van der Waals surface area contributed by atoms with E-state index in [0.29, 0.717) is 24.6 Å². The highest BCUT2D eigenvalue weighted by atomic mass is 19.1. The van der Waals surface area contributed by atoms with Crippen molar-refractivity contribution in [2.24, 2.45) is 0 Å². The number of fused-ring (bicyclic) bond motifs is 1.